The Kier molecular flexibility index (Phi) is 4.15. The van der Waals surface area contributed by atoms with E-state index in [1.807, 2.05) is 19.6 Å². The molecule has 1 aromatic rings. The number of aromatic nitrogens is 2. The maximum Gasteiger partial charge on any atom is 0.0949 e. The lowest BCUT2D eigenvalue weighted by atomic mass is 10.0. The molecule has 1 aromatic heterocycles. The van der Waals surface area contributed by atoms with Crippen molar-refractivity contribution in [2.75, 3.05) is 12.8 Å². The first kappa shape index (κ1) is 13.0. The van der Waals surface area contributed by atoms with Gasteiger partial charge in [-0.05, 0) is 39.5 Å². The van der Waals surface area contributed by atoms with Crippen LogP contribution < -0.4 is 5.32 Å². The molecular weight excluding hydrogens is 230 g/mol. The van der Waals surface area contributed by atoms with Gasteiger partial charge >= 0.3 is 0 Å². The molecule has 1 N–H and O–H groups in total. The minimum absolute atomic E-state index is 0.00413. The van der Waals surface area contributed by atoms with Crippen molar-refractivity contribution in [3.63, 3.8) is 0 Å². The fourth-order valence-electron chi connectivity index (χ4n) is 2.29. The smallest absolute Gasteiger partial charge is 0.0949 e. The Bertz CT molecular complexity index is 353. The van der Waals surface area contributed by atoms with E-state index in [-0.39, 0.29) is 5.54 Å². The monoisotopic (exact) mass is 253 g/mol. The minimum atomic E-state index is -0.00413. The second-order valence-electron chi connectivity index (χ2n) is 5.29. The van der Waals surface area contributed by atoms with E-state index in [0.717, 1.165) is 11.8 Å². The van der Waals surface area contributed by atoms with Gasteiger partial charge in [-0.1, -0.05) is 6.42 Å². The molecule has 1 unspecified atom stereocenters. The number of hydrogen-bond acceptors (Lipinski definition) is 3. The van der Waals surface area contributed by atoms with Gasteiger partial charge in [-0.25, -0.2) is 4.98 Å². The van der Waals surface area contributed by atoms with Gasteiger partial charge in [0.2, 0.25) is 0 Å². The number of imidazole rings is 1. The zero-order valence-corrected chi connectivity index (χ0v) is 11.9. The molecule has 1 saturated heterocycles. The third-order valence-electron chi connectivity index (χ3n) is 3.65. The molecule has 0 amide bonds. The van der Waals surface area contributed by atoms with Gasteiger partial charge in [-0.2, -0.15) is 11.8 Å². The van der Waals surface area contributed by atoms with E-state index in [1.165, 1.54) is 30.7 Å². The van der Waals surface area contributed by atoms with Gasteiger partial charge in [0.05, 0.1) is 17.6 Å². The van der Waals surface area contributed by atoms with E-state index < -0.39 is 0 Å². The first-order chi connectivity index (χ1) is 8.13. The molecule has 1 atom stereocenters. The second-order valence-corrected chi connectivity index (χ2v) is 6.70. The van der Waals surface area contributed by atoms with Gasteiger partial charge in [-0.15, -0.1) is 0 Å². The highest BCUT2D eigenvalue weighted by atomic mass is 32.2. The maximum absolute atomic E-state index is 4.32. The molecule has 1 aliphatic heterocycles. The molecule has 0 spiro atoms. The normalized spacial score (nSPS) is 21.7. The van der Waals surface area contributed by atoms with E-state index >= 15 is 0 Å². The standard InChI is InChI=1S/C13H23N3S/c1-13(2,14-3)12-8-15-10-16(12)9-11-6-4-5-7-17-11/h8,10-11,14H,4-7,9H2,1-3H3. The molecule has 2 heterocycles. The van der Waals surface area contributed by atoms with E-state index in [4.69, 9.17) is 0 Å². The Morgan fingerprint density at radius 1 is 1.53 bits per heavy atom. The quantitative estimate of drug-likeness (QED) is 0.894. The van der Waals surface area contributed by atoms with Gasteiger partial charge in [-0.3, -0.25) is 0 Å². The van der Waals surface area contributed by atoms with Crippen LogP contribution >= 0.6 is 11.8 Å². The fourth-order valence-corrected chi connectivity index (χ4v) is 3.59. The van der Waals surface area contributed by atoms with Crippen LogP contribution in [0.25, 0.3) is 0 Å². The predicted octanol–water partition coefficient (Wildman–Crippen LogP) is 2.62. The summed E-state index contributed by atoms with van der Waals surface area (Å²) in [5.41, 5.74) is 1.28. The average Bonchev–Trinajstić information content (AvgIpc) is 2.79. The summed E-state index contributed by atoms with van der Waals surface area (Å²) < 4.78 is 2.32. The van der Waals surface area contributed by atoms with Crippen LogP contribution in [0.4, 0.5) is 0 Å². The third-order valence-corrected chi connectivity index (χ3v) is 5.03. The van der Waals surface area contributed by atoms with Crippen molar-refractivity contribution in [2.24, 2.45) is 0 Å². The Balaban J connectivity index is 2.08. The lowest BCUT2D eigenvalue weighted by Crippen LogP contribution is -2.36. The fraction of sp³-hybridized carbons (Fsp3) is 0.769. The molecule has 17 heavy (non-hydrogen) atoms. The Hall–Kier alpha value is -0.480. The van der Waals surface area contributed by atoms with Gasteiger partial charge in [0.25, 0.3) is 0 Å². The largest absolute Gasteiger partial charge is 0.332 e. The van der Waals surface area contributed by atoms with Crippen LogP contribution in [0.5, 0.6) is 0 Å². The third kappa shape index (κ3) is 3.05. The highest BCUT2D eigenvalue weighted by Crippen LogP contribution is 2.28. The van der Waals surface area contributed by atoms with E-state index in [0.29, 0.717) is 0 Å². The lowest BCUT2D eigenvalue weighted by Gasteiger charge is -2.28. The van der Waals surface area contributed by atoms with Gasteiger partial charge in [0.1, 0.15) is 0 Å². The van der Waals surface area contributed by atoms with E-state index in [9.17, 15) is 0 Å². The van der Waals surface area contributed by atoms with Crippen LogP contribution in [0.2, 0.25) is 0 Å². The van der Waals surface area contributed by atoms with Crippen LogP contribution in [0, 0.1) is 0 Å². The molecule has 3 nitrogen and oxygen atoms in total. The topological polar surface area (TPSA) is 29.9 Å². The van der Waals surface area contributed by atoms with Crippen LogP contribution in [0.1, 0.15) is 38.8 Å². The summed E-state index contributed by atoms with van der Waals surface area (Å²) in [6.45, 7) is 5.51. The summed E-state index contributed by atoms with van der Waals surface area (Å²) in [6, 6.07) is 0. The Labute approximate surface area is 108 Å². The number of nitrogens with zero attached hydrogens (tertiary/aromatic N) is 2. The van der Waals surface area contributed by atoms with Crippen molar-refractivity contribution in [2.45, 2.75) is 50.4 Å². The van der Waals surface area contributed by atoms with Crippen LogP contribution in [-0.2, 0) is 12.1 Å². The van der Waals surface area contributed by atoms with Gasteiger partial charge in [0.15, 0.2) is 0 Å². The summed E-state index contributed by atoms with van der Waals surface area (Å²) in [4.78, 5) is 4.32. The highest BCUT2D eigenvalue weighted by Gasteiger charge is 2.24. The van der Waals surface area contributed by atoms with Crippen molar-refractivity contribution in [3.05, 3.63) is 18.2 Å². The highest BCUT2D eigenvalue weighted by molar-refractivity contribution is 7.99. The molecular formula is C13H23N3S. The lowest BCUT2D eigenvalue weighted by molar-refractivity contribution is 0.404. The van der Waals surface area contributed by atoms with Crippen molar-refractivity contribution in [1.82, 2.24) is 14.9 Å². The van der Waals surface area contributed by atoms with E-state index in [2.05, 4.69) is 40.5 Å². The zero-order valence-electron chi connectivity index (χ0n) is 11.1. The van der Waals surface area contributed by atoms with Crippen LogP contribution in [0.15, 0.2) is 12.5 Å². The molecule has 0 bridgehead atoms. The molecule has 0 aliphatic carbocycles. The summed E-state index contributed by atoms with van der Waals surface area (Å²) in [7, 11) is 2.01. The van der Waals surface area contributed by atoms with Crippen molar-refractivity contribution in [1.29, 1.82) is 0 Å². The molecule has 1 aliphatic rings. The predicted molar refractivity (Wildman–Crippen MR) is 74.4 cm³/mol. The summed E-state index contributed by atoms with van der Waals surface area (Å²) in [5.74, 6) is 1.32. The minimum Gasteiger partial charge on any atom is -0.332 e. The van der Waals surface area contributed by atoms with Crippen LogP contribution in [-0.4, -0.2) is 27.6 Å². The molecule has 0 radical (unpaired) electrons. The molecule has 0 saturated carbocycles. The van der Waals surface area contributed by atoms with Gasteiger partial charge in [0, 0.05) is 18.0 Å². The summed E-state index contributed by atoms with van der Waals surface area (Å²) in [6.07, 6.45) is 8.09. The SMILES string of the molecule is CNC(C)(C)c1cncn1CC1CCCCS1. The number of hydrogen-bond donors (Lipinski definition) is 1. The molecule has 4 heteroatoms. The molecule has 0 aromatic carbocycles. The first-order valence-electron chi connectivity index (χ1n) is 6.44. The van der Waals surface area contributed by atoms with E-state index in [1.54, 1.807) is 0 Å². The van der Waals surface area contributed by atoms with Gasteiger partial charge < -0.3 is 9.88 Å². The van der Waals surface area contributed by atoms with Crippen LogP contribution in [0.3, 0.4) is 0 Å². The summed E-state index contributed by atoms with van der Waals surface area (Å²) >= 11 is 2.12. The number of thioether (sulfide) groups is 1. The zero-order chi connectivity index (χ0) is 12.3. The average molecular weight is 253 g/mol. The molecule has 1 fully saturated rings. The first-order valence-corrected chi connectivity index (χ1v) is 7.49. The Morgan fingerprint density at radius 3 is 3.00 bits per heavy atom. The van der Waals surface area contributed by atoms with Crippen molar-refractivity contribution < 1.29 is 0 Å². The number of nitrogens with one attached hydrogen (secondary N) is 1. The Morgan fingerprint density at radius 2 is 2.35 bits per heavy atom. The maximum atomic E-state index is 4.32. The summed E-state index contributed by atoms with van der Waals surface area (Å²) in [5, 5.41) is 4.12. The second kappa shape index (κ2) is 5.44. The molecule has 96 valence electrons. The van der Waals surface area contributed by atoms with Crippen molar-refractivity contribution in [3.8, 4) is 0 Å². The molecule has 2 rings (SSSR count). The number of rotatable bonds is 4. The van der Waals surface area contributed by atoms with Crippen molar-refractivity contribution >= 4 is 11.8 Å².